The number of pyridine rings is 1. The molecular formula is C13H18N2O4. The Morgan fingerprint density at radius 1 is 1.47 bits per heavy atom. The fourth-order valence-corrected chi connectivity index (χ4v) is 2.36. The van der Waals surface area contributed by atoms with Gasteiger partial charge >= 0.3 is 5.97 Å². The van der Waals surface area contributed by atoms with Crippen LogP contribution in [-0.2, 0) is 11.3 Å². The van der Waals surface area contributed by atoms with Gasteiger partial charge in [-0.2, -0.15) is 0 Å². The summed E-state index contributed by atoms with van der Waals surface area (Å²) >= 11 is 0. The standard InChI is InChI=1S/C13H18N2O4/c1-18-11-3-4-14-10(13(11)19-2)8-15-6-9(7-15)5-12(16)17/h3-4,9H,5-8H2,1-2H3,(H,16,17). The van der Waals surface area contributed by atoms with Crippen LogP contribution in [0.2, 0.25) is 0 Å². The van der Waals surface area contributed by atoms with Crippen LogP contribution in [0.25, 0.3) is 0 Å². The van der Waals surface area contributed by atoms with Gasteiger partial charge < -0.3 is 14.6 Å². The fourth-order valence-electron chi connectivity index (χ4n) is 2.36. The van der Waals surface area contributed by atoms with Crippen molar-refractivity contribution in [2.24, 2.45) is 5.92 Å². The van der Waals surface area contributed by atoms with E-state index in [1.807, 2.05) is 0 Å². The molecule has 0 atom stereocenters. The Bertz CT molecular complexity index is 458. The van der Waals surface area contributed by atoms with Gasteiger partial charge in [-0.3, -0.25) is 14.7 Å². The van der Waals surface area contributed by atoms with Gasteiger partial charge in [-0.25, -0.2) is 0 Å². The van der Waals surface area contributed by atoms with E-state index < -0.39 is 5.97 Å². The van der Waals surface area contributed by atoms with E-state index >= 15 is 0 Å². The molecule has 1 fully saturated rings. The largest absolute Gasteiger partial charge is 0.493 e. The van der Waals surface area contributed by atoms with E-state index in [1.54, 1.807) is 26.5 Å². The van der Waals surface area contributed by atoms with Crippen LogP contribution >= 0.6 is 0 Å². The van der Waals surface area contributed by atoms with Crippen LogP contribution in [0.4, 0.5) is 0 Å². The maximum absolute atomic E-state index is 10.6. The second kappa shape index (κ2) is 5.88. The van der Waals surface area contributed by atoms with Crippen LogP contribution < -0.4 is 9.47 Å². The lowest BCUT2D eigenvalue weighted by Crippen LogP contribution is -2.46. The van der Waals surface area contributed by atoms with Crippen LogP contribution in [0.3, 0.4) is 0 Å². The molecule has 0 unspecified atom stereocenters. The molecule has 1 aromatic heterocycles. The molecule has 19 heavy (non-hydrogen) atoms. The summed E-state index contributed by atoms with van der Waals surface area (Å²) < 4.78 is 10.5. The Morgan fingerprint density at radius 3 is 2.79 bits per heavy atom. The van der Waals surface area contributed by atoms with E-state index in [-0.39, 0.29) is 12.3 Å². The minimum absolute atomic E-state index is 0.235. The third-order valence-corrected chi connectivity index (χ3v) is 3.24. The predicted octanol–water partition coefficient (Wildman–Crippen LogP) is 1.01. The average Bonchev–Trinajstić information content (AvgIpc) is 2.35. The molecule has 0 spiro atoms. The molecular weight excluding hydrogens is 248 g/mol. The van der Waals surface area contributed by atoms with Gasteiger partial charge in [0.2, 0.25) is 0 Å². The van der Waals surface area contributed by atoms with E-state index in [9.17, 15) is 4.79 Å². The highest BCUT2D eigenvalue weighted by molar-refractivity contribution is 5.67. The second-order valence-electron chi connectivity index (χ2n) is 4.65. The summed E-state index contributed by atoms with van der Waals surface area (Å²) in [5.41, 5.74) is 0.815. The molecule has 0 bridgehead atoms. The maximum atomic E-state index is 10.6. The Hall–Kier alpha value is -1.82. The van der Waals surface area contributed by atoms with Gasteiger partial charge in [0.25, 0.3) is 0 Å². The molecule has 0 radical (unpaired) electrons. The SMILES string of the molecule is COc1ccnc(CN2CC(CC(=O)O)C2)c1OC. The van der Waals surface area contributed by atoms with Crippen molar-refractivity contribution in [3.63, 3.8) is 0 Å². The Kier molecular flexibility index (Phi) is 4.21. The van der Waals surface area contributed by atoms with Gasteiger partial charge in [0.15, 0.2) is 11.5 Å². The van der Waals surface area contributed by atoms with Gasteiger partial charge in [-0.05, 0) is 5.92 Å². The summed E-state index contributed by atoms with van der Waals surface area (Å²) in [7, 11) is 3.18. The summed E-state index contributed by atoms with van der Waals surface area (Å²) in [4.78, 5) is 17.0. The number of aliphatic carboxylic acids is 1. The number of carbonyl (C=O) groups is 1. The number of carboxylic acid groups (broad SMARTS) is 1. The summed E-state index contributed by atoms with van der Waals surface area (Å²) in [6, 6.07) is 1.76. The van der Waals surface area contributed by atoms with Crippen molar-refractivity contribution in [3.05, 3.63) is 18.0 Å². The number of likely N-dealkylation sites (tertiary alicyclic amines) is 1. The normalized spacial score (nSPS) is 15.9. The third-order valence-electron chi connectivity index (χ3n) is 3.24. The Labute approximate surface area is 112 Å². The number of rotatable bonds is 6. The zero-order chi connectivity index (χ0) is 13.8. The summed E-state index contributed by atoms with van der Waals surface area (Å²) in [6.07, 6.45) is 1.92. The Balaban J connectivity index is 1.96. The van der Waals surface area contributed by atoms with Crippen molar-refractivity contribution in [3.8, 4) is 11.5 Å². The molecule has 6 heteroatoms. The number of carboxylic acids is 1. The first-order valence-corrected chi connectivity index (χ1v) is 6.14. The van der Waals surface area contributed by atoms with Crippen molar-refractivity contribution in [2.75, 3.05) is 27.3 Å². The smallest absolute Gasteiger partial charge is 0.303 e. The minimum Gasteiger partial charge on any atom is -0.493 e. The maximum Gasteiger partial charge on any atom is 0.303 e. The van der Waals surface area contributed by atoms with Gasteiger partial charge in [-0.15, -0.1) is 0 Å². The fraction of sp³-hybridized carbons (Fsp3) is 0.538. The predicted molar refractivity (Wildman–Crippen MR) is 68.4 cm³/mol. The first kappa shape index (κ1) is 13.6. The Morgan fingerprint density at radius 2 is 2.21 bits per heavy atom. The van der Waals surface area contributed by atoms with E-state index in [0.29, 0.717) is 18.0 Å². The molecule has 1 aliphatic rings. The van der Waals surface area contributed by atoms with Crippen molar-refractivity contribution < 1.29 is 19.4 Å². The van der Waals surface area contributed by atoms with Crippen LogP contribution in [0, 0.1) is 5.92 Å². The van der Waals surface area contributed by atoms with Crippen molar-refractivity contribution in [1.29, 1.82) is 0 Å². The molecule has 0 aliphatic carbocycles. The molecule has 6 nitrogen and oxygen atoms in total. The third kappa shape index (κ3) is 3.14. The molecule has 104 valence electrons. The van der Waals surface area contributed by atoms with Gasteiger partial charge in [0, 0.05) is 31.9 Å². The number of nitrogens with zero attached hydrogens (tertiary/aromatic N) is 2. The number of ether oxygens (including phenoxy) is 2. The molecule has 0 saturated carbocycles. The van der Waals surface area contributed by atoms with Crippen molar-refractivity contribution >= 4 is 5.97 Å². The van der Waals surface area contributed by atoms with E-state index in [1.165, 1.54) is 0 Å². The van der Waals surface area contributed by atoms with Gasteiger partial charge in [0.05, 0.1) is 20.6 Å². The first-order valence-electron chi connectivity index (χ1n) is 6.14. The molecule has 0 aromatic carbocycles. The molecule has 2 heterocycles. The average molecular weight is 266 g/mol. The number of hydrogen-bond acceptors (Lipinski definition) is 5. The van der Waals surface area contributed by atoms with Crippen LogP contribution in [-0.4, -0.2) is 48.3 Å². The lowest BCUT2D eigenvalue weighted by atomic mass is 9.96. The molecule has 1 aromatic rings. The van der Waals surface area contributed by atoms with Gasteiger partial charge in [-0.1, -0.05) is 0 Å². The van der Waals surface area contributed by atoms with E-state index in [2.05, 4.69) is 9.88 Å². The lowest BCUT2D eigenvalue weighted by molar-refractivity contribution is -0.139. The molecule has 2 rings (SSSR count). The van der Waals surface area contributed by atoms with Crippen molar-refractivity contribution in [2.45, 2.75) is 13.0 Å². The highest BCUT2D eigenvalue weighted by Crippen LogP contribution is 2.31. The van der Waals surface area contributed by atoms with Crippen LogP contribution in [0.5, 0.6) is 11.5 Å². The monoisotopic (exact) mass is 266 g/mol. The van der Waals surface area contributed by atoms with E-state index in [0.717, 1.165) is 18.8 Å². The summed E-state index contributed by atoms with van der Waals surface area (Å²) in [5, 5.41) is 8.71. The zero-order valence-electron chi connectivity index (χ0n) is 11.1. The van der Waals surface area contributed by atoms with E-state index in [4.69, 9.17) is 14.6 Å². The highest BCUT2D eigenvalue weighted by atomic mass is 16.5. The molecule has 1 aliphatic heterocycles. The molecule has 1 saturated heterocycles. The quantitative estimate of drug-likeness (QED) is 0.828. The lowest BCUT2D eigenvalue weighted by Gasteiger charge is -2.38. The van der Waals surface area contributed by atoms with Crippen molar-refractivity contribution in [1.82, 2.24) is 9.88 Å². The minimum atomic E-state index is -0.735. The highest BCUT2D eigenvalue weighted by Gasteiger charge is 2.29. The van der Waals surface area contributed by atoms with Crippen LogP contribution in [0.1, 0.15) is 12.1 Å². The number of methoxy groups -OCH3 is 2. The number of aromatic nitrogens is 1. The summed E-state index contributed by atoms with van der Waals surface area (Å²) in [5.74, 6) is 0.817. The zero-order valence-corrected chi connectivity index (χ0v) is 11.1. The first-order chi connectivity index (χ1) is 9.13. The number of hydrogen-bond donors (Lipinski definition) is 1. The summed E-state index contributed by atoms with van der Waals surface area (Å²) in [6.45, 7) is 2.22. The topological polar surface area (TPSA) is 71.9 Å². The molecule has 0 amide bonds. The van der Waals surface area contributed by atoms with Crippen LogP contribution in [0.15, 0.2) is 12.3 Å². The van der Waals surface area contributed by atoms with Gasteiger partial charge in [0.1, 0.15) is 5.69 Å². The molecule has 1 N–H and O–H groups in total. The second-order valence-corrected chi connectivity index (χ2v) is 4.65.